The molecule has 16 heteroatoms. The van der Waals surface area contributed by atoms with Crippen LogP contribution in [0.25, 0.3) is 10.9 Å². The van der Waals surface area contributed by atoms with Crippen LogP contribution in [0.5, 0.6) is 0 Å². The van der Waals surface area contributed by atoms with Gasteiger partial charge in [0.25, 0.3) is 5.92 Å². The molecule has 5 heterocycles. The lowest BCUT2D eigenvalue weighted by molar-refractivity contribution is -0.120. The van der Waals surface area contributed by atoms with Crippen molar-refractivity contribution in [2.75, 3.05) is 52.0 Å². The van der Waals surface area contributed by atoms with Crippen LogP contribution in [0.2, 0.25) is 5.02 Å². The van der Waals surface area contributed by atoms with Crippen molar-refractivity contribution >= 4 is 75.0 Å². The van der Waals surface area contributed by atoms with Gasteiger partial charge in [-0.15, -0.1) is 0 Å². The van der Waals surface area contributed by atoms with Crippen molar-refractivity contribution in [1.29, 1.82) is 0 Å². The molecular formula is C30H29ClF2N10O3. The third-order valence-electron chi connectivity index (χ3n) is 8.52. The van der Waals surface area contributed by atoms with Gasteiger partial charge in [0.05, 0.1) is 30.7 Å². The number of halogens is 3. The lowest BCUT2D eigenvalue weighted by Gasteiger charge is -2.39. The van der Waals surface area contributed by atoms with Crippen LogP contribution in [-0.2, 0) is 23.1 Å². The van der Waals surface area contributed by atoms with Crippen LogP contribution in [0.3, 0.4) is 0 Å². The maximum absolute atomic E-state index is 15.6. The highest BCUT2D eigenvalue weighted by molar-refractivity contribution is 6.33. The summed E-state index contributed by atoms with van der Waals surface area (Å²) in [6, 6.07) is 8.88. The summed E-state index contributed by atoms with van der Waals surface area (Å²) in [5.41, 5.74) is 3.48. The molecule has 13 nitrogen and oxygen atoms in total. The van der Waals surface area contributed by atoms with E-state index in [0.29, 0.717) is 34.5 Å². The van der Waals surface area contributed by atoms with E-state index in [1.54, 1.807) is 47.9 Å². The first-order chi connectivity index (χ1) is 22.0. The Bertz CT molecular complexity index is 1920. The number of benzene rings is 2. The monoisotopic (exact) mass is 650 g/mol. The zero-order chi connectivity index (χ0) is 32.3. The van der Waals surface area contributed by atoms with E-state index < -0.39 is 24.5 Å². The molecule has 3 aliphatic heterocycles. The fourth-order valence-corrected chi connectivity index (χ4v) is 6.20. The Morgan fingerprint density at radius 2 is 1.87 bits per heavy atom. The van der Waals surface area contributed by atoms with Crippen LogP contribution in [0.4, 0.5) is 48.2 Å². The van der Waals surface area contributed by atoms with E-state index in [4.69, 9.17) is 11.6 Å². The van der Waals surface area contributed by atoms with Crippen molar-refractivity contribution in [3.8, 4) is 0 Å². The van der Waals surface area contributed by atoms with Crippen LogP contribution in [0.1, 0.15) is 18.4 Å². The van der Waals surface area contributed by atoms with Gasteiger partial charge >= 0.3 is 6.03 Å². The smallest absolute Gasteiger partial charge is 0.329 e. The largest absolute Gasteiger partial charge is 0.376 e. The number of alkyl halides is 2. The first-order valence-corrected chi connectivity index (χ1v) is 15.0. The Hall–Kier alpha value is -5.05. The zero-order valence-corrected chi connectivity index (χ0v) is 25.6. The van der Waals surface area contributed by atoms with Crippen LogP contribution in [0, 0.1) is 0 Å². The molecule has 3 aliphatic rings. The van der Waals surface area contributed by atoms with Crippen molar-refractivity contribution < 1.29 is 23.2 Å². The van der Waals surface area contributed by atoms with Crippen LogP contribution < -0.4 is 30.7 Å². The molecule has 1 atom stereocenters. The van der Waals surface area contributed by atoms with Gasteiger partial charge in [0.15, 0.2) is 11.6 Å². The van der Waals surface area contributed by atoms with Crippen molar-refractivity contribution in [2.24, 2.45) is 7.05 Å². The number of carbonyl (C=O) groups excluding carboxylic acids is 3. The first kappa shape index (κ1) is 29.6. The Labute approximate surface area is 266 Å². The number of aromatic nitrogens is 4. The molecule has 4 amide bonds. The number of hydrogen-bond donors (Lipinski definition) is 3. The Balaban J connectivity index is 1.05. The standard InChI is InChI=1S/C30H29ClF2N10O3/c1-40-21-6-4-17(11-16(21)12-25(40)45)36-26-20(31)14-34-28(38-26)42-9-7-23(30(32,33)15-42)35-18-3-5-19-22(13-18)41(2)39-27(19)43-10-8-24(44)37-29(43)46/h3-6,11,13-14,23,35H,7-10,12,15H2,1-2H3,(H,34,36,38)(H,37,44,46). The van der Waals surface area contributed by atoms with Gasteiger partial charge in [0, 0.05) is 56.1 Å². The summed E-state index contributed by atoms with van der Waals surface area (Å²) in [5.74, 6) is -2.70. The van der Waals surface area contributed by atoms with Crippen LogP contribution in [-0.4, -0.2) is 76.2 Å². The molecule has 0 aliphatic carbocycles. The first-order valence-electron chi connectivity index (χ1n) is 14.6. The van der Waals surface area contributed by atoms with Gasteiger partial charge in [-0.3, -0.25) is 24.5 Å². The maximum Gasteiger partial charge on any atom is 0.329 e. The highest BCUT2D eigenvalue weighted by Gasteiger charge is 2.45. The molecule has 238 valence electrons. The number of aryl methyl sites for hydroxylation is 1. The van der Waals surface area contributed by atoms with Gasteiger partial charge in [-0.25, -0.2) is 18.6 Å². The normalized spacial score (nSPS) is 19.5. The predicted molar refractivity (Wildman–Crippen MR) is 169 cm³/mol. The molecule has 3 N–H and O–H groups in total. The second-order valence-electron chi connectivity index (χ2n) is 11.6. The summed E-state index contributed by atoms with van der Waals surface area (Å²) in [4.78, 5) is 49.1. The minimum Gasteiger partial charge on any atom is -0.376 e. The van der Waals surface area contributed by atoms with E-state index in [9.17, 15) is 14.4 Å². The van der Waals surface area contributed by atoms with E-state index in [1.807, 2.05) is 12.1 Å². The maximum atomic E-state index is 15.6. The molecule has 0 radical (unpaired) electrons. The summed E-state index contributed by atoms with van der Waals surface area (Å²) in [5, 5.41) is 13.7. The highest BCUT2D eigenvalue weighted by atomic mass is 35.5. The van der Waals surface area contributed by atoms with E-state index in [1.165, 1.54) is 16.0 Å². The van der Waals surface area contributed by atoms with Gasteiger partial charge in [-0.1, -0.05) is 11.6 Å². The van der Waals surface area contributed by atoms with Gasteiger partial charge in [0.1, 0.15) is 5.02 Å². The number of amides is 4. The SMILES string of the molecule is CN1C(=O)Cc2cc(Nc3nc(N4CCC(Nc5ccc6c(N7CCC(=O)NC7=O)nn(C)c6c5)C(F)(F)C4)ncc3Cl)ccc21. The molecule has 0 bridgehead atoms. The Morgan fingerprint density at radius 3 is 2.65 bits per heavy atom. The molecular weight excluding hydrogens is 622 g/mol. The zero-order valence-electron chi connectivity index (χ0n) is 24.9. The summed E-state index contributed by atoms with van der Waals surface area (Å²) in [6.07, 6.45) is 1.93. The molecule has 0 saturated carbocycles. The molecule has 46 heavy (non-hydrogen) atoms. The minimum atomic E-state index is -3.14. The number of hydrogen-bond acceptors (Lipinski definition) is 9. The van der Waals surface area contributed by atoms with Crippen LogP contribution in [0.15, 0.2) is 42.6 Å². The molecule has 0 spiro atoms. The molecule has 7 rings (SSSR count). The van der Waals surface area contributed by atoms with Gasteiger partial charge in [-0.05, 0) is 48.4 Å². The number of likely N-dealkylation sites (N-methyl/N-ethyl adjacent to an activating group) is 1. The van der Waals surface area contributed by atoms with Crippen molar-refractivity contribution in [3.05, 3.63) is 53.2 Å². The summed E-state index contributed by atoms with van der Waals surface area (Å²) in [7, 11) is 3.43. The van der Waals surface area contributed by atoms with Crippen molar-refractivity contribution in [2.45, 2.75) is 31.2 Å². The number of anilines is 6. The minimum absolute atomic E-state index is 0.00275. The van der Waals surface area contributed by atoms with Gasteiger partial charge < -0.3 is 20.4 Å². The lowest BCUT2D eigenvalue weighted by atomic mass is 10.0. The number of imide groups is 1. The van der Waals surface area contributed by atoms with E-state index >= 15 is 8.78 Å². The fourth-order valence-electron chi connectivity index (χ4n) is 6.07. The molecule has 2 aromatic heterocycles. The summed E-state index contributed by atoms with van der Waals surface area (Å²) in [6.45, 7) is -0.146. The third-order valence-corrected chi connectivity index (χ3v) is 8.79. The third kappa shape index (κ3) is 5.29. The molecule has 2 aromatic carbocycles. The fraction of sp³-hybridized carbons (Fsp3) is 0.333. The number of urea groups is 1. The highest BCUT2D eigenvalue weighted by Crippen LogP contribution is 2.36. The Morgan fingerprint density at radius 1 is 1.07 bits per heavy atom. The Kier molecular flexibility index (Phi) is 7.14. The number of nitrogens with one attached hydrogen (secondary N) is 3. The average molecular weight is 651 g/mol. The topological polar surface area (TPSA) is 141 Å². The predicted octanol–water partition coefficient (Wildman–Crippen LogP) is 4.05. The quantitative estimate of drug-likeness (QED) is 0.282. The molecule has 4 aromatic rings. The summed E-state index contributed by atoms with van der Waals surface area (Å²) < 4.78 is 32.8. The summed E-state index contributed by atoms with van der Waals surface area (Å²) >= 11 is 6.36. The van der Waals surface area contributed by atoms with E-state index in [-0.39, 0.29) is 54.5 Å². The van der Waals surface area contributed by atoms with Gasteiger partial charge in [0.2, 0.25) is 17.8 Å². The molecule has 2 fully saturated rings. The number of piperidine rings is 1. The van der Waals surface area contributed by atoms with Crippen molar-refractivity contribution in [3.63, 3.8) is 0 Å². The number of fused-ring (bicyclic) bond motifs is 2. The van der Waals surface area contributed by atoms with E-state index in [2.05, 4.69) is 31.0 Å². The number of nitrogens with zero attached hydrogens (tertiary/aromatic N) is 7. The number of carbonyl (C=O) groups is 3. The van der Waals surface area contributed by atoms with Crippen molar-refractivity contribution in [1.82, 2.24) is 25.1 Å². The second-order valence-corrected chi connectivity index (χ2v) is 12.0. The number of rotatable bonds is 6. The van der Waals surface area contributed by atoms with Crippen LogP contribution >= 0.6 is 11.6 Å². The van der Waals surface area contributed by atoms with E-state index in [0.717, 1.165) is 11.3 Å². The molecule has 2 saturated heterocycles. The lowest BCUT2D eigenvalue weighted by Crippen LogP contribution is -2.55. The molecule has 1 unspecified atom stereocenters. The van der Waals surface area contributed by atoms with Gasteiger partial charge in [-0.2, -0.15) is 10.1 Å². The second kappa shape index (κ2) is 11.1. The average Bonchev–Trinajstić information content (AvgIpc) is 3.49.